The van der Waals surface area contributed by atoms with Gasteiger partial charge in [-0.25, -0.2) is 17.9 Å². The number of hydrogen-bond acceptors (Lipinski definition) is 30. The summed E-state index contributed by atoms with van der Waals surface area (Å²) in [7, 11) is -2.38. The van der Waals surface area contributed by atoms with Crippen LogP contribution in [0.3, 0.4) is 0 Å². The number of rotatable bonds is 31. The number of carbonyl (C=O) groups is 9. The maximum Gasteiger partial charge on any atom is 0.330 e. The van der Waals surface area contributed by atoms with E-state index in [9.17, 15) is 78.7 Å². The lowest BCUT2D eigenvalue weighted by atomic mass is 9.84. The predicted octanol–water partition coefficient (Wildman–Crippen LogP) is 2.46. The van der Waals surface area contributed by atoms with Crippen LogP contribution in [0.15, 0.2) is 102 Å². The summed E-state index contributed by atoms with van der Waals surface area (Å²) in [5.74, 6) is -16.2. The van der Waals surface area contributed by atoms with Gasteiger partial charge < -0.3 is 144 Å². The van der Waals surface area contributed by atoms with Gasteiger partial charge in [-0.3, -0.25) is 38.4 Å². The fraction of sp³-hybridized carbons (Fsp3) is 0.489. The number of likely N-dealkylation sites (N-methyl/N-ethyl adjacent to an activating group) is 1. The van der Waals surface area contributed by atoms with E-state index < -0.39 is 265 Å². The largest absolute Gasteiger partial charge is 0.507 e. The number of carbonyl (C=O) groups excluding carboxylic acids is 8. The number of halogens is 1. The van der Waals surface area contributed by atoms with Crippen LogP contribution in [-0.2, 0) is 73.9 Å². The number of aliphatic hydroxyl groups is 6. The molecule has 706 valence electrons. The van der Waals surface area contributed by atoms with Crippen LogP contribution in [0.25, 0.3) is 11.1 Å². The normalized spacial score (nSPS) is 25.8. The van der Waals surface area contributed by atoms with Crippen LogP contribution < -0.4 is 83.0 Å². The molecule has 40 nitrogen and oxygen atoms in total. The fourth-order valence-corrected chi connectivity index (χ4v) is 17.2. The van der Waals surface area contributed by atoms with Gasteiger partial charge >= 0.3 is 5.97 Å². The molecule has 13 rings (SSSR count). The minimum Gasteiger partial charge on any atom is -0.507 e. The lowest BCUT2D eigenvalue weighted by Gasteiger charge is -2.48. The van der Waals surface area contributed by atoms with Gasteiger partial charge in [0.25, 0.3) is 0 Å². The molecule has 24 N–H and O–H groups in total. The summed E-state index contributed by atoms with van der Waals surface area (Å²) in [6, 6.07) is 3.75. The maximum atomic E-state index is 16.5. The van der Waals surface area contributed by atoms with Crippen LogP contribution in [0.5, 0.6) is 51.7 Å². The van der Waals surface area contributed by atoms with Crippen molar-refractivity contribution >= 4 is 74.9 Å². The van der Waals surface area contributed by atoms with Crippen LogP contribution in [0.1, 0.15) is 175 Å². The number of carboxylic acid groups (broad SMARTS) is 1. The molecular formula is C88H113ClN12O28S. The molecule has 7 heterocycles. The number of aromatic hydroxyl groups is 3. The number of aliphatic hydroxyl groups excluding tert-OH is 6. The summed E-state index contributed by atoms with van der Waals surface area (Å²) >= 11 is 7.19. The molecule has 19 atom stereocenters. The van der Waals surface area contributed by atoms with Gasteiger partial charge in [-0.1, -0.05) is 76.3 Å². The number of unbranched alkanes of at least 4 members (excludes halogenated alkanes) is 5. The number of benzene rings is 6. The Labute approximate surface area is 753 Å². The third-order valence-corrected chi connectivity index (χ3v) is 24.9. The van der Waals surface area contributed by atoms with E-state index in [1.807, 2.05) is 13.8 Å². The van der Waals surface area contributed by atoms with Crippen LogP contribution in [0, 0.1) is 12.8 Å². The molecule has 0 aliphatic carbocycles. The van der Waals surface area contributed by atoms with Crippen LogP contribution in [-0.4, -0.2) is 231 Å². The van der Waals surface area contributed by atoms with E-state index in [1.165, 1.54) is 65.1 Å². The average molecular weight is 1850 g/mol. The van der Waals surface area contributed by atoms with Gasteiger partial charge in [0.1, 0.15) is 101 Å². The first-order valence-corrected chi connectivity index (χ1v) is 44.5. The zero-order valence-corrected chi connectivity index (χ0v) is 74.1. The van der Waals surface area contributed by atoms with Gasteiger partial charge in [-0.15, -0.1) is 0 Å². The zero-order valence-electron chi connectivity index (χ0n) is 72.6. The summed E-state index contributed by atoms with van der Waals surface area (Å²) in [5, 5.41) is 142. The monoisotopic (exact) mass is 1850 g/mol. The van der Waals surface area contributed by atoms with E-state index in [0.29, 0.717) is 38.0 Å². The molecule has 6 aromatic carbocycles. The van der Waals surface area contributed by atoms with Crippen molar-refractivity contribution in [2.75, 3.05) is 33.4 Å². The van der Waals surface area contributed by atoms with Gasteiger partial charge in [0.2, 0.25) is 69.3 Å². The molecule has 8 amide bonds. The molecule has 2 saturated heterocycles. The second kappa shape index (κ2) is 43.3. The quantitative estimate of drug-likeness (QED) is 0.0278. The molecule has 0 aromatic heterocycles. The molecule has 6 aromatic rings. The first-order chi connectivity index (χ1) is 61.6. The van der Waals surface area contributed by atoms with Crippen LogP contribution in [0.2, 0.25) is 5.02 Å². The van der Waals surface area contributed by atoms with Crippen molar-refractivity contribution in [1.29, 1.82) is 0 Å². The summed E-state index contributed by atoms with van der Waals surface area (Å²) < 4.78 is 73.8. The lowest BCUT2D eigenvalue weighted by molar-refractivity contribution is -0.334. The zero-order chi connectivity index (χ0) is 94.7. The number of nitrogens with one attached hydrogen (secondary N) is 10. The number of aliphatic carboxylic acids is 1. The van der Waals surface area contributed by atoms with Gasteiger partial charge in [0, 0.05) is 36.2 Å². The number of phenolic OH excluding ortho intramolecular Hbond substituents is 3. The smallest absolute Gasteiger partial charge is 0.330 e. The standard InChI is InChI=1S/C88H113ClN12O28S/c1-9-10-15-28-123-48-19-21-49(22-20-48)130(121,122)94-27-14-12-11-13-26-93-38-52-57(104)35-51-65(73(52)108)50-31-44(16-23-56(50)103)66-82(115)100-70(85(118)98-68(51)86(119)120)72(107)46-18-25-59(53(89)32-46)126-61-34-47-33-60(76(61)129-87-77(75(110)74(109)62(39-102)127-87)128-64-37-88(7,78(111)43(6)124-64)101-79(112)42(5)90)125-58-24-17-45(30-41(58)4)71(106)69(99-80(113)54(92-8)29-40(2)3)84(117)95-55(36-63(91)105)81(114)96-67(47)83(116)97-66/h16-25,30-35,40,42-43,54-55,62,64,66-72,74-75,77-78,87,92-94,102-104,106-111H,9-15,26-29,36-39,90H2,1-8H3,(H2,91,105)(H,95,117)(H,96,114)(H,97,116)(H,98,118)(H,99,113)(H,100,115)(H,101,112)(H,119,120)/t42-,43+,54-,55+,62-,64+,66-,67-,68+,69-,70+,71-,72-,74-,75+,77-,78-,87+,88+/m1/s1. The molecule has 7 aliphatic heterocycles. The number of ether oxygens (including phenoxy) is 7. The Bertz CT molecular complexity index is 5270. The first kappa shape index (κ1) is 99.4. The molecule has 130 heavy (non-hydrogen) atoms. The van der Waals surface area contributed by atoms with Gasteiger partial charge in [0.15, 0.2) is 29.9 Å². The Morgan fingerprint density at radius 3 is 1.98 bits per heavy atom. The third kappa shape index (κ3) is 23.4. The molecule has 0 radical (unpaired) electrons. The minimum absolute atomic E-state index is 0.0608. The highest BCUT2D eigenvalue weighted by Gasteiger charge is 2.53. The Kier molecular flexibility index (Phi) is 33.1. The molecule has 0 unspecified atom stereocenters. The molecule has 0 spiro atoms. The van der Waals surface area contributed by atoms with Crippen LogP contribution in [0.4, 0.5) is 0 Å². The SMILES string of the molecule is CCCCCOc1ccc(S(=O)(=O)NCCCCCCNCc2c(O)cc3c(c2O)-c2cc(ccc2O)[C@H]2NC(=O)[C@@H]4NC(=O)[C@H](CC(N)=O)NC(=O)[C@H](NC(=O)[C@@H](CC(C)C)NC)[C@H](O)c5ccc(c(C)c5)Oc5cc4cc(c5O[C@@H]4O[C@H](CO)[C@@H](O)[C@H](O)[C@H]4O[C@H]4C[C@](C)(NC(=O)[C@@H](C)N)[C@H](O)[C@H](C)O4)Oc4ccc(cc4Cl)[C@@H](O)[C@H](NC2=O)C(=O)N[C@@H]3C(=O)O)cc1. The number of carboxylic acids is 1. The number of amides is 8. The van der Waals surface area contributed by atoms with E-state index in [1.54, 1.807) is 12.1 Å². The van der Waals surface area contributed by atoms with Gasteiger partial charge in [-0.2, -0.15) is 0 Å². The fourth-order valence-electron chi connectivity index (χ4n) is 15.9. The Morgan fingerprint density at radius 2 is 1.35 bits per heavy atom. The topological polar surface area (TPSA) is 627 Å². The second-order valence-corrected chi connectivity index (χ2v) is 35.7. The Hall–Kier alpha value is -11.1. The first-order valence-electron chi connectivity index (χ1n) is 42.6. The lowest BCUT2D eigenvalue weighted by Crippen LogP contribution is -2.67. The van der Waals surface area contributed by atoms with Crippen molar-refractivity contribution in [3.05, 3.63) is 141 Å². The number of fused-ring (bicyclic) bond motifs is 15. The van der Waals surface area contributed by atoms with Crippen molar-refractivity contribution in [3.8, 4) is 62.9 Å². The van der Waals surface area contributed by atoms with Crippen molar-refractivity contribution in [3.63, 3.8) is 0 Å². The van der Waals surface area contributed by atoms with Crippen molar-refractivity contribution in [1.82, 2.24) is 52.6 Å². The molecule has 0 saturated carbocycles. The number of sulfonamides is 1. The summed E-state index contributed by atoms with van der Waals surface area (Å²) in [6.45, 7) is 11.0. The number of nitrogens with two attached hydrogens (primary N) is 2. The van der Waals surface area contributed by atoms with Crippen LogP contribution >= 0.6 is 11.6 Å². The molecule has 42 heteroatoms. The predicted molar refractivity (Wildman–Crippen MR) is 463 cm³/mol. The molecule has 11 bridgehead atoms. The number of aryl methyl sites for hydroxylation is 1. The highest BCUT2D eigenvalue weighted by molar-refractivity contribution is 7.89. The second-order valence-electron chi connectivity index (χ2n) is 33.5. The average Bonchev–Trinajstić information content (AvgIpc) is 0.753. The number of primary amides is 1. The summed E-state index contributed by atoms with van der Waals surface area (Å²) in [5.41, 5.74) is 7.09. The van der Waals surface area contributed by atoms with E-state index in [4.69, 9.17) is 56.2 Å². The Balaban J connectivity index is 1.04. The van der Waals surface area contributed by atoms with Crippen molar-refractivity contribution in [2.24, 2.45) is 17.4 Å². The van der Waals surface area contributed by atoms with E-state index in [2.05, 4.69) is 59.5 Å². The van der Waals surface area contributed by atoms with E-state index in [-0.39, 0.29) is 71.3 Å². The number of hydrogen-bond donors (Lipinski definition) is 22. The van der Waals surface area contributed by atoms with E-state index >= 15 is 24.0 Å². The summed E-state index contributed by atoms with van der Waals surface area (Å²) in [4.78, 5) is 133. The van der Waals surface area contributed by atoms with E-state index in [0.717, 1.165) is 73.9 Å². The summed E-state index contributed by atoms with van der Waals surface area (Å²) in [6.07, 6.45) is -14.7. The van der Waals surface area contributed by atoms with Crippen molar-refractivity contribution in [2.45, 2.75) is 239 Å². The van der Waals surface area contributed by atoms with Gasteiger partial charge in [0.05, 0.1) is 58.8 Å². The maximum absolute atomic E-state index is 16.5. The molecule has 7 aliphatic rings. The van der Waals surface area contributed by atoms with Gasteiger partial charge in [-0.05, 0) is 180 Å². The molecular weight excluding hydrogens is 1740 g/mol. The minimum atomic E-state index is -3.86. The highest BCUT2D eigenvalue weighted by Crippen LogP contribution is 2.51. The molecule has 2 fully saturated rings. The third-order valence-electron chi connectivity index (χ3n) is 23.1. The number of phenols is 3. The van der Waals surface area contributed by atoms with Crippen molar-refractivity contribution < 1.29 is 136 Å². The Morgan fingerprint density at radius 1 is 0.700 bits per heavy atom. The highest BCUT2D eigenvalue weighted by atomic mass is 35.5.